The third kappa shape index (κ3) is 6.33. The normalized spacial score (nSPS) is 17.7. The van der Waals surface area contributed by atoms with Gasteiger partial charge in [0.05, 0.1) is 6.54 Å². The van der Waals surface area contributed by atoms with Crippen molar-refractivity contribution in [1.29, 1.82) is 0 Å². The van der Waals surface area contributed by atoms with Gasteiger partial charge in [-0.05, 0) is 19.3 Å². The largest absolute Gasteiger partial charge is 0.355 e. The maximum atomic E-state index is 12.1. The summed E-state index contributed by atoms with van der Waals surface area (Å²) in [6, 6.07) is 0.182. The molecule has 1 fully saturated rings. The molecule has 1 saturated heterocycles. The lowest BCUT2D eigenvalue weighted by molar-refractivity contribution is -0.122. The topological polar surface area (TPSA) is 64.7 Å². The number of hydrogen-bond donors (Lipinski definition) is 2. The van der Waals surface area contributed by atoms with Crippen LogP contribution in [0, 0.1) is 5.92 Å². The first kappa shape index (κ1) is 17.8. The van der Waals surface area contributed by atoms with Crippen LogP contribution in [0.25, 0.3) is 0 Å². The molecule has 1 aliphatic rings. The Bertz CT molecular complexity index is 339. The fraction of sp³-hybridized carbons (Fsp3) is 0.867. The Morgan fingerprint density at radius 3 is 2.24 bits per heavy atom. The summed E-state index contributed by atoms with van der Waals surface area (Å²) in [5.74, 6) is 0.501. The number of nitrogens with one attached hydrogen (secondary N) is 2. The lowest BCUT2D eigenvalue weighted by Gasteiger charge is -2.35. The Morgan fingerprint density at radius 2 is 1.71 bits per heavy atom. The molecule has 122 valence electrons. The minimum Gasteiger partial charge on any atom is -0.355 e. The molecule has 6 nitrogen and oxygen atoms in total. The van der Waals surface area contributed by atoms with Crippen molar-refractivity contribution >= 4 is 11.9 Å². The van der Waals surface area contributed by atoms with Gasteiger partial charge in [-0.3, -0.25) is 9.69 Å². The minimum atomic E-state index is 0.00582. The second-order valence-electron chi connectivity index (χ2n) is 6.10. The molecule has 0 aromatic carbocycles. The molecule has 0 spiro atoms. The van der Waals surface area contributed by atoms with E-state index in [4.69, 9.17) is 0 Å². The third-order valence-corrected chi connectivity index (χ3v) is 3.95. The summed E-state index contributed by atoms with van der Waals surface area (Å²) in [5.41, 5.74) is 0. The van der Waals surface area contributed by atoms with Crippen LogP contribution >= 0.6 is 0 Å². The van der Waals surface area contributed by atoms with E-state index in [1.165, 1.54) is 0 Å². The van der Waals surface area contributed by atoms with Crippen LogP contribution in [-0.2, 0) is 4.79 Å². The van der Waals surface area contributed by atoms with Crippen molar-refractivity contribution in [2.24, 2.45) is 5.92 Å². The highest BCUT2D eigenvalue weighted by molar-refractivity contribution is 5.78. The average Bonchev–Trinajstić information content (AvgIpc) is 2.45. The zero-order chi connectivity index (χ0) is 15.8. The number of carbonyl (C=O) groups is 2. The molecule has 1 rings (SSSR count). The minimum absolute atomic E-state index is 0.00582. The summed E-state index contributed by atoms with van der Waals surface area (Å²) in [4.78, 5) is 27.7. The van der Waals surface area contributed by atoms with E-state index < -0.39 is 0 Å². The van der Waals surface area contributed by atoms with Crippen LogP contribution in [0.3, 0.4) is 0 Å². The zero-order valence-corrected chi connectivity index (χ0v) is 13.8. The zero-order valence-electron chi connectivity index (χ0n) is 13.8. The molecule has 1 atom stereocenters. The molecule has 1 unspecified atom stereocenters. The van der Waals surface area contributed by atoms with E-state index in [9.17, 15) is 9.59 Å². The molecule has 2 N–H and O–H groups in total. The molecule has 0 saturated carbocycles. The summed E-state index contributed by atoms with van der Waals surface area (Å²) < 4.78 is 0. The van der Waals surface area contributed by atoms with E-state index in [0.29, 0.717) is 25.6 Å². The van der Waals surface area contributed by atoms with Crippen LogP contribution in [0.5, 0.6) is 0 Å². The number of piperazine rings is 1. The Hall–Kier alpha value is -1.30. The standard InChI is InChI=1S/C15H30N4O2/c1-5-6-16-14(20)11-18-7-9-19(10-8-18)15(21)17-13(4)12(2)3/h12-13H,5-11H2,1-4H3,(H,16,20)(H,17,21). The molecule has 0 aliphatic carbocycles. The number of amides is 3. The van der Waals surface area contributed by atoms with E-state index in [1.807, 2.05) is 18.7 Å². The highest BCUT2D eigenvalue weighted by atomic mass is 16.2. The highest BCUT2D eigenvalue weighted by Crippen LogP contribution is 2.05. The van der Waals surface area contributed by atoms with Gasteiger partial charge in [-0.25, -0.2) is 4.79 Å². The predicted octanol–water partition coefficient (Wildman–Crippen LogP) is 0.884. The molecule has 3 amide bonds. The first-order valence-electron chi connectivity index (χ1n) is 7.98. The Morgan fingerprint density at radius 1 is 1.10 bits per heavy atom. The molecule has 0 radical (unpaired) electrons. The number of carbonyl (C=O) groups excluding carboxylic acids is 2. The van der Waals surface area contributed by atoms with Crippen molar-refractivity contribution in [2.45, 2.75) is 40.2 Å². The van der Waals surface area contributed by atoms with Gasteiger partial charge in [0.15, 0.2) is 0 Å². The summed E-state index contributed by atoms with van der Waals surface area (Å²) in [7, 11) is 0. The van der Waals surface area contributed by atoms with Gasteiger partial charge >= 0.3 is 6.03 Å². The van der Waals surface area contributed by atoms with Crippen molar-refractivity contribution in [1.82, 2.24) is 20.4 Å². The Labute approximate surface area is 128 Å². The van der Waals surface area contributed by atoms with Gasteiger partial charge in [0.25, 0.3) is 0 Å². The third-order valence-electron chi connectivity index (χ3n) is 3.95. The maximum absolute atomic E-state index is 12.1. The first-order chi connectivity index (χ1) is 9.93. The highest BCUT2D eigenvalue weighted by Gasteiger charge is 2.23. The number of rotatable bonds is 6. The predicted molar refractivity (Wildman–Crippen MR) is 84.1 cm³/mol. The van der Waals surface area contributed by atoms with E-state index in [1.54, 1.807) is 0 Å². The molecule has 1 heterocycles. The molecule has 0 aromatic heterocycles. The number of nitrogens with zero attached hydrogens (tertiary/aromatic N) is 2. The van der Waals surface area contributed by atoms with Crippen molar-refractivity contribution in [2.75, 3.05) is 39.3 Å². The van der Waals surface area contributed by atoms with Gasteiger partial charge in [0, 0.05) is 38.8 Å². The van der Waals surface area contributed by atoms with Gasteiger partial charge in [0.1, 0.15) is 0 Å². The smallest absolute Gasteiger partial charge is 0.317 e. The van der Waals surface area contributed by atoms with Crippen LogP contribution in [0.4, 0.5) is 4.79 Å². The fourth-order valence-electron chi connectivity index (χ4n) is 2.09. The lowest BCUT2D eigenvalue weighted by Crippen LogP contribution is -2.54. The second kappa shape index (κ2) is 8.87. The molecule has 0 aromatic rings. The second-order valence-corrected chi connectivity index (χ2v) is 6.10. The maximum Gasteiger partial charge on any atom is 0.317 e. The summed E-state index contributed by atoms with van der Waals surface area (Å²) in [6.07, 6.45) is 0.952. The van der Waals surface area contributed by atoms with E-state index in [0.717, 1.165) is 26.1 Å². The average molecular weight is 298 g/mol. The van der Waals surface area contributed by atoms with Crippen molar-refractivity contribution in [3.05, 3.63) is 0 Å². The number of urea groups is 1. The molecule has 6 heteroatoms. The molecular formula is C15H30N4O2. The Kier molecular flexibility index (Phi) is 7.50. The van der Waals surface area contributed by atoms with Gasteiger partial charge < -0.3 is 15.5 Å². The number of hydrogen-bond acceptors (Lipinski definition) is 3. The van der Waals surface area contributed by atoms with Crippen LogP contribution in [0.1, 0.15) is 34.1 Å². The van der Waals surface area contributed by atoms with Crippen molar-refractivity contribution < 1.29 is 9.59 Å². The quantitative estimate of drug-likeness (QED) is 0.765. The van der Waals surface area contributed by atoms with Crippen molar-refractivity contribution in [3.63, 3.8) is 0 Å². The molecule has 1 aliphatic heterocycles. The lowest BCUT2D eigenvalue weighted by atomic mass is 10.1. The molecule has 0 bridgehead atoms. The summed E-state index contributed by atoms with van der Waals surface area (Å²) in [6.45, 7) is 12.3. The van der Waals surface area contributed by atoms with Crippen LogP contribution in [-0.4, -0.2) is 67.0 Å². The van der Waals surface area contributed by atoms with E-state index in [-0.39, 0.29) is 18.0 Å². The fourth-order valence-corrected chi connectivity index (χ4v) is 2.09. The van der Waals surface area contributed by atoms with Gasteiger partial charge in [-0.1, -0.05) is 20.8 Å². The molecular weight excluding hydrogens is 268 g/mol. The van der Waals surface area contributed by atoms with Crippen molar-refractivity contribution in [3.8, 4) is 0 Å². The summed E-state index contributed by atoms with van der Waals surface area (Å²) >= 11 is 0. The van der Waals surface area contributed by atoms with Crippen LogP contribution in [0.15, 0.2) is 0 Å². The summed E-state index contributed by atoms with van der Waals surface area (Å²) in [5, 5.41) is 5.90. The van der Waals surface area contributed by atoms with Gasteiger partial charge in [-0.2, -0.15) is 0 Å². The first-order valence-corrected chi connectivity index (χ1v) is 7.98. The van der Waals surface area contributed by atoms with Gasteiger partial charge in [-0.15, -0.1) is 0 Å². The van der Waals surface area contributed by atoms with Crippen LogP contribution < -0.4 is 10.6 Å². The van der Waals surface area contributed by atoms with E-state index >= 15 is 0 Å². The monoisotopic (exact) mass is 298 g/mol. The molecule has 21 heavy (non-hydrogen) atoms. The van der Waals surface area contributed by atoms with Crippen LogP contribution in [0.2, 0.25) is 0 Å². The Balaban J connectivity index is 2.28. The SMILES string of the molecule is CCCNC(=O)CN1CCN(C(=O)NC(C)C(C)C)CC1. The van der Waals surface area contributed by atoms with Gasteiger partial charge in [0.2, 0.25) is 5.91 Å². The van der Waals surface area contributed by atoms with E-state index in [2.05, 4.69) is 29.4 Å².